The lowest BCUT2D eigenvalue weighted by atomic mass is 9.97. The highest BCUT2D eigenvalue weighted by atomic mass is 16.6. The van der Waals surface area contributed by atoms with Crippen LogP contribution in [0.5, 0.6) is 0 Å². The monoisotopic (exact) mass is 781 g/mol. The Labute approximate surface area is 341 Å². The number of aliphatic hydroxyl groups is 1. The van der Waals surface area contributed by atoms with Gasteiger partial charge >= 0.3 is 5.97 Å². The van der Waals surface area contributed by atoms with E-state index in [-0.39, 0.29) is 25.5 Å². The number of nitrogens with zero attached hydrogens (tertiary/aromatic N) is 3. The molecule has 302 valence electrons. The van der Waals surface area contributed by atoms with Gasteiger partial charge in [0.15, 0.2) is 0 Å². The van der Waals surface area contributed by atoms with Crippen LogP contribution < -0.4 is 0 Å². The second kappa shape index (κ2) is 18.9. The molecular formula is C49H55N3O6. The molecule has 0 saturated heterocycles. The normalized spacial score (nSPS) is 12.8. The first-order valence-corrected chi connectivity index (χ1v) is 19.7. The van der Waals surface area contributed by atoms with Crippen LogP contribution in [0.15, 0.2) is 127 Å². The summed E-state index contributed by atoms with van der Waals surface area (Å²) in [5.41, 5.74) is 1.88. The third-order valence-electron chi connectivity index (χ3n) is 10.6. The lowest BCUT2D eigenvalue weighted by Gasteiger charge is -2.37. The molecule has 1 N–H and O–H groups in total. The average molecular weight is 782 g/mol. The Morgan fingerprint density at radius 3 is 1.17 bits per heavy atom. The summed E-state index contributed by atoms with van der Waals surface area (Å²) >= 11 is 0. The fourth-order valence-electron chi connectivity index (χ4n) is 7.74. The molecule has 0 saturated carbocycles. The summed E-state index contributed by atoms with van der Waals surface area (Å²) in [4.78, 5) is 61.2. The largest absolute Gasteiger partial charge is 0.459 e. The van der Waals surface area contributed by atoms with Crippen molar-refractivity contribution in [1.82, 2.24) is 14.7 Å². The molecule has 0 aliphatic rings. The van der Waals surface area contributed by atoms with Crippen molar-refractivity contribution in [3.05, 3.63) is 144 Å². The molecule has 0 radical (unpaired) electrons. The van der Waals surface area contributed by atoms with Crippen LogP contribution in [-0.4, -0.2) is 75.8 Å². The number of carbonyl (C=O) groups is 4. The van der Waals surface area contributed by atoms with E-state index in [1.807, 2.05) is 148 Å². The number of aliphatic hydroxyl groups excluding tert-OH is 1. The summed E-state index contributed by atoms with van der Waals surface area (Å²) in [5, 5.41) is 13.0. The van der Waals surface area contributed by atoms with Crippen molar-refractivity contribution >= 4 is 56.0 Å². The smallest absolute Gasteiger partial charge is 0.326 e. The van der Waals surface area contributed by atoms with Gasteiger partial charge in [0.1, 0.15) is 25.2 Å². The SMILES string of the molecule is CC(=O)N(CC(=O)N(CC(=O)N(CC(=O)OC(C)(C)C)[C@@H](C)c1cccc2ccccc12)[C@H](C)c1cccc2ccccc12)[C@@H](C)c1cccc2ccccc12.CO. The fraction of sp³-hybridized carbons (Fsp3) is 0.306. The summed E-state index contributed by atoms with van der Waals surface area (Å²) in [5.74, 6) is -1.63. The molecule has 6 aromatic carbocycles. The van der Waals surface area contributed by atoms with Gasteiger partial charge in [-0.2, -0.15) is 0 Å². The molecule has 0 spiro atoms. The number of hydrogen-bond acceptors (Lipinski definition) is 6. The summed E-state index contributed by atoms with van der Waals surface area (Å²) in [6.45, 7) is 11.7. The standard InChI is InChI=1S/C48H51N3O5.CH4O/c1-32(39-26-14-20-36-17-8-11-23-42(36)39)49(35(4)52)29-45(53)50(33(2)40-27-15-21-37-18-9-12-24-43(37)40)30-46(54)51(31-47(55)56-48(5,6)7)34(3)41-28-16-22-38-19-10-13-25-44(38)41;1-2/h8-28,32-34H,29-31H2,1-7H3;2H,1H3/t32-,33+,34-;/m0./s1. The van der Waals surface area contributed by atoms with Gasteiger partial charge in [0.2, 0.25) is 17.7 Å². The molecule has 9 heteroatoms. The van der Waals surface area contributed by atoms with Crippen molar-refractivity contribution in [1.29, 1.82) is 0 Å². The van der Waals surface area contributed by atoms with Gasteiger partial charge in [-0.1, -0.05) is 127 Å². The number of hydrogen-bond donors (Lipinski definition) is 1. The summed E-state index contributed by atoms with van der Waals surface area (Å²) < 4.78 is 5.73. The van der Waals surface area contributed by atoms with Gasteiger partial charge < -0.3 is 24.5 Å². The average Bonchev–Trinajstić information content (AvgIpc) is 3.22. The van der Waals surface area contributed by atoms with E-state index < -0.39 is 41.5 Å². The molecule has 0 bridgehead atoms. The number of ether oxygens (including phenoxy) is 1. The van der Waals surface area contributed by atoms with Crippen LogP contribution in [0, 0.1) is 0 Å². The minimum Gasteiger partial charge on any atom is -0.459 e. The maximum absolute atomic E-state index is 14.9. The van der Waals surface area contributed by atoms with E-state index in [0.29, 0.717) is 0 Å². The van der Waals surface area contributed by atoms with Crippen LogP contribution >= 0.6 is 0 Å². The molecule has 3 atom stereocenters. The highest BCUT2D eigenvalue weighted by Gasteiger charge is 2.34. The molecule has 0 aromatic heterocycles. The van der Waals surface area contributed by atoms with Crippen LogP contribution in [0.25, 0.3) is 32.3 Å². The van der Waals surface area contributed by atoms with Crippen molar-refractivity contribution in [3.63, 3.8) is 0 Å². The molecule has 0 fully saturated rings. The Morgan fingerprint density at radius 2 is 0.810 bits per heavy atom. The first-order chi connectivity index (χ1) is 27.7. The Kier molecular flexibility index (Phi) is 14.1. The van der Waals surface area contributed by atoms with Gasteiger partial charge in [-0.05, 0) is 90.6 Å². The Morgan fingerprint density at radius 1 is 0.500 bits per heavy atom. The van der Waals surface area contributed by atoms with Gasteiger partial charge in [0.05, 0.1) is 18.1 Å². The molecule has 6 rings (SSSR count). The predicted molar refractivity (Wildman–Crippen MR) is 232 cm³/mol. The van der Waals surface area contributed by atoms with Gasteiger partial charge in [0.25, 0.3) is 0 Å². The number of fused-ring (bicyclic) bond motifs is 3. The van der Waals surface area contributed by atoms with Gasteiger partial charge in [-0.25, -0.2) is 0 Å². The predicted octanol–water partition coefficient (Wildman–Crippen LogP) is 9.19. The molecule has 0 unspecified atom stereocenters. The van der Waals surface area contributed by atoms with E-state index in [9.17, 15) is 19.2 Å². The Balaban J connectivity index is 0.00000315. The van der Waals surface area contributed by atoms with Crippen LogP contribution in [0.1, 0.15) is 83.3 Å². The minimum absolute atomic E-state index is 0.257. The number of esters is 1. The van der Waals surface area contributed by atoms with E-state index in [1.54, 1.807) is 30.6 Å². The molecule has 9 nitrogen and oxygen atoms in total. The van der Waals surface area contributed by atoms with E-state index >= 15 is 0 Å². The quantitative estimate of drug-likeness (QED) is 0.124. The van der Waals surface area contributed by atoms with Crippen LogP contribution in [0.3, 0.4) is 0 Å². The number of carbonyl (C=O) groups excluding carboxylic acids is 4. The molecule has 58 heavy (non-hydrogen) atoms. The number of rotatable bonds is 12. The molecule has 0 heterocycles. The number of amides is 3. The van der Waals surface area contributed by atoms with E-state index in [4.69, 9.17) is 9.84 Å². The first-order valence-electron chi connectivity index (χ1n) is 19.7. The molecule has 3 amide bonds. The van der Waals surface area contributed by atoms with E-state index in [1.165, 1.54) is 11.8 Å². The second-order valence-electron chi connectivity index (χ2n) is 15.5. The Hall–Kier alpha value is -6.06. The first kappa shape index (κ1) is 43.1. The third kappa shape index (κ3) is 9.90. The molecular weight excluding hydrogens is 727 g/mol. The van der Waals surface area contributed by atoms with Crippen molar-refractivity contribution in [3.8, 4) is 0 Å². The summed E-state index contributed by atoms with van der Waals surface area (Å²) in [6.07, 6.45) is 0. The van der Waals surface area contributed by atoms with Gasteiger partial charge in [-0.15, -0.1) is 0 Å². The molecule has 0 aliphatic heterocycles. The van der Waals surface area contributed by atoms with Crippen LogP contribution in [-0.2, 0) is 23.9 Å². The van der Waals surface area contributed by atoms with Crippen molar-refractivity contribution in [2.45, 2.75) is 72.2 Å². The van der Waals surface area contributed by atoms with Gasteiger partial charge in [-0.3, -0.25) is 19.2 Å². The fourth-order valence-corrected chi connectivity index (χ4v) is 7.74. The topological polar surface area (TPSA) is 107 Å². The van der Waals surface area contributed by atoms with Crippen molar-refractivity contribution < 1.29 is 29.0 Å². The van der Waals surface area contributed by atoms with E-state index in [0.717, 1.165) is 56.1 Å². The second-order valence-corrected chi connectivity index (χ2v) is 15.5. The third-order valence-corrected chi connectivity index (χ3v) is 10.6. The highest BCUT2D eigenvalue weighted by Crippen LogP contribution is 2.33. The molecule has 6 aromatic rings. The maximum Gasteiger partial charge on any atom is 0.326 e. The van der Waals surface area contributed by atoms with Crippen LogP contribution in [0.4, 0.5) is 0 Å². The molecule has 0 aliphatic carbocycles. The lowest BCUT2D eigenvalue weighted by Crippen LogP contribution is -2.50. The van der Waals surface area contributed by atoms with Crippen molar-refractivity contribution in [2.24, 2.45) is 0 Å². The minimum atomic E-state index is -0.768. The van der Waals surface area contributed by atoms with Crippen molar-refractivity contribution in [2.75, 3.05) is 26.7 Å². The lowest BCUT2D eigenvalue weighted by molar-refractivity contribution is -0.160. The zero-order valence-corrected chi connectivity index (χ0v) is 34.8. The van der Waals surface area contributed by atoms with Crippen LogP contribution in [0.2, 0.25) is 0 Å². The summed E-state index contributed by atoms with van der Waals surface area (Å²) in [7, 11) is 1.00. The zero-order valence-electron chi connectivity index (χ0n) is 34.8. The maximum atomic E-state index is 14.9. The number of benzene rings is 6. The van der Waals surface area contributed by atoms with E-state index in [2.05, 4.69) is 0 Å². The highest BCUT2D eigenvalue weighted by molar-refractivity contribution is 5.93. The van der Waals surface area contributed by atoms with Gasteiger partial charge in [0, 0.05) is 14.0 Å². The zero-order chi connectivity index (χ0) is 42.1. The Bertz CT molecular complexity index is 2390. The summed E-state index contributed by atoms with van der Waals surface area (Å²) in [6, 6.07) is 40.1.